The lowest BCUT2D eigenvalue weighted by Crippen LogP contribution is -2.32. The molecule has 1 unspecified atom stereocenters. The van der Waals surface area contributed by atoms with Crippen LogP contribution in [0, 0.1) is 0 Å². The molecule has 1 atom stereocenters. The number of ether oxygens (including phenoxy) is 3. The Morgan fingerprint density at radius 1 is 1.33 bits per heavy atom. The van der Waals surface area contributed by atoms with Crippen molar-refractivity contribution in [3.63, 3.8) is 0 Å². The Morgan fingerprint density at radius 2 is 2.05 bits per heavy atom. The Kier molecular flexibility index (Phi) is 4.95. The largest absolute Gasteiger partial charge is 0.493 e. The molecular formula is C14H21NO5S. The first kappa shape index (κ1) is 15.9. The van der Waals surface area contributed by atoms with E-state index in [1.54, 1.807) is 7.11 Å². The molecule has 0 bridgehead atoms. The minimum absolute atomic E-state index is 0.106. The van der Waals surface area contributed by atoms with Gasteiger partial charge in [-0.15, -0.1) is 0 Å². The van der Waals surface area contributed by atoms with Crippen molar-refractivity contribution in [3.05, 3.63) is 17.7 Å². The van der Waals surface area contributed by atoms with Crippen LogP contribution >= 0.6 is 0 Å². The van der Waals surface area contributed by atoms with Crippen molar-refractivity contribution in [2.24, 2.45) is 0 Å². The predicted molar refractivity (Wildman–Crippen MR) is 80.0 cm³/mol. The van der Waals surface area contributed by atoms with E-state index in [2.05, 4.69) is 5.32 Å². The minimum Gasteiger partial charge on any atom is -0.493 e. The maximum absolute atomic E-state index is 11.2. The standard InChI is InChI=1S/C14H21NO5S/c1-10(9-21(3,16)17)15-8-11-6-12(18-2)14-13(7-11)19-4-5-20-14/h6-7,10,15H,4-5,8-9H2,1-3H3. The smallest absolute Gasteiger partial charge is 0.203 e. The number of hydrogen-bond donors (Lipinski definition) is 1. The molecule has 118 valence electrons. The zero-order valence-electron chi connectivity index (χ0n) is 12.5. The Labute approximate surface area is 125 Å². The Morgan fingerprint density at radius 3 is 2.71 bits per heavy atom. The highest BCUT2D eigenvalue weighted by Crippen LogP contribution is 2.40. The van der Waals surface area contributed by atoms with Crippen LogP contribution in [-0.4, -0.2) is 46.8 Å². The van der Waals surface area contributed by atoms with Gasteiger partial charge in [0.25, 0.3) is 0 Å². The molecule has 0 aliphatic carbocycles. The highest BCUT2D eigenvalue weighted by molar-refractivity contribution is 7.90. The monoisotopic (exact) mass is 315 g/mol. The molecule has 0 saturated carbocycles. The van der Waals surface area contributed by atoms with Crippen molar-refractivity contribution in [3.8, 4) is 17.2 Å². The quantitative estimate of drug-likeness (QED) is 0.844. The van der Waals surface area contributed by atoms with E-state index in [9.17, 15) is 8.42 Å². The minimum atomic E-state index is -2.99. The van der Waals surface area contributed by atoms with Crippen molar-refractivity contribution in [2.75, 3.05) is 32.3 Å². The van der Waals surface area contributed by atoms with Gasteiger partial charge < -0.3 is 19.5 Å². The van der Waals surface area contributed by atoms with E-state index in [1.165, 1.54) is 6.26 Å². The molecule has 1 heterocycles. The third kappa shape index (κ3) is 4.50. The zero-order chi connectivity index (χ0) is 15.5. The van der Waals surface area contributed by atoms with Crippen LogP contribution < -0.4 is 19.5 Å². The molecule has 1 aliphatic rings. The van der Waals surface area contributed by atoms with Gasteiger partial charge in [0.05, 0.1) is 12.9 Å². The van der Waals surface area contributed by atoms with Gasteiger partial charge in [-0.25, -0.2) is 8.42 Å². The van der Waals surface area contributed by atoms with E-state index < -0.39 is 9.84 Å². The van der Waals surface area contributed by atoms with Crippen LogP contribution in [0.2, 0.25) is 0 Å². The molecule has 21 heavy (non-hydrogen) atoms. The summed E-state index contributed by atoms with van der Waals surface area (Å²) >= 11 is 0. The number of benzene rings is 1. The average Bonchev–Trinajstić information content (AvgIpc) is 2.42. The van der Waals surface area contributed by atoms with Gasteiger partial charge in [-0.3, -0.25) is 0 Å². The van der Waals surface area contributed by atoms with Crippen molar-refractivity contribution >= 4 is 9.84 Å². The predicted octanol–water partition coefficient (Wildman–Crippen LogP) is 0.989. The summed E-state index contributed by atoms with van der Waals surface area (Å²) in [6.07, 6.45) is 1.23. The lowest BCUT2D eigenvalue weighted by molar-refractivity contribution is 0.165. The van der Waals surface area contributed by atoms with Gasteiger partial charge in [0.15, 0.2) is 11.5 Å². The molecule has 0 saturated heterocycles. The van der Waals surface area contributed by atoms with E-state index in [1.807, 2.05) is 19.1 Å². The van der Waals surface area contributed by atoms with Crippen LogP contribution in [0.1, 0.15) is 12.5 Å². The maximum Gasteiger partial charge on any atom is 0.203 e. The third-order valence-corrected chi connectivity index (χ3v) is 4.20. The van der Waals surface area contributed by atoms with Crippen molar-refractivity contribution in [2.45, 2.75) is 19.5 Å². The van der Waals surface area contributed by atoms with Gasteiger partial charge in [-0.1, -0.05) is 0 Å². The third-order valence-electron chi connectivity index (χ3n) is 3.10. The fourth-order valence-corrected chi connectivity index (χ4v) is 3.26. The summed E-state index contributed by atoms with van der Waals surface area (Å²) in [5, 5.41) is 3.18. The van der Waals surface area contributed by atoms with Gasteiger partial charge in [-0.05, 0) is 24.6 Å². The molecule has 1 N–H and O–H groups in total. The first-order chi connectivity index (χ1) is 9.89. The van der Waals surface area contributed by atoms with Gasteiger partial charge in [0.2, 0.25) is 5.75 Å². The molecule has 0 radical (unpaired) electrons. The second-order valence-corrected chi connectivity index (χ2v) is 7.38. The molecule has 0 aromatic heterocycles. The highest BCUT2D eigenvalue weighted by Gasteiger charge is 2.18. The zero-order valence-corrected chi connectivity index (χ0v) is 13.3. The summed E-state index contributed by atoms with van der Waals surface area (Å²) in [5.41, 5.74) is 0.955. The molecule has 0 amide bonds. The van der Waals surface area contributed by atoms with Gasteiger partial charge in [-0.2, -0.15) is 0 Å². The van der Waals surface area contributed by atoms with Crippen LogP contribution in [0.5, 0.6) is 17.2 Å². The van der Waals surface area contributed by atoms with Crippen molar-refractivity contribution in [1.29, 1.82) is 0 Å². The molecule has 6 nitrogen and oxygen atoms in total. The fourth-order valence-electron chi connectivity index (χ4n) is 2.23. The number of hydrogen-bond acceptors (Lipinski definition) is 6. The number of nitrogens with one attached hydrogen (secondary N) is 1. The lowest BCUT2D eigenvalue weighted by atomic mass is 10.1. The number of fused-ring (bicyclic) bond motifs is 1. The summed E-state index contributed by atoms with van der Waals surface area (Å²) in [6, 6.07) is 3.63. The summed E-state index contributed by atoms with van der Waals surface area (Å²) in [4.78, 5) is 0. The molecule has 7 heteroatoms. The average molecular weight is 315 g/mol. The SMILES string of the molecule is COc1cc(CNC(C)CS(C)(=O)=O)cc2c1OCCO2. The number of sulfone groups is 1. The van der Waals surface area contributed by atoms with Crippen molar-refractivity contribution in [1.82, 2.24) is 5.32 Å². The van der Waals surface area contributed by atoms with Crippen LogP contribution in [0.15, 0.2) is 12.1 Å². The second kappa shape index (κ2) is 6.53. The summed E-state index contributed by atoms with van der Waals surface area (Å²) in [7, 11) is -1.41. The number of rotatable bonds is 6. The van der Waals surface area contributed by atoms with E-state index in [0.717, 1.165) is 5.56 Å². The lowest BCUT2D eigenvalue weighted by Gasteiger charge is -2.22. The van der Waals surface area contributed by atoms with Gasteiger partial charge >= 0.3 is 0 Å². The summed E-state index contributed by atoms with van der Waals surface area (Å²) < 4.78 is 38.9. The van der Waals surface area contributed by atoms with Gasteiger partial charge in [0.1, 0.15) is 23.1 Å². The summed E-state index contributed by atoms with van der Waals surface area (Å²) in [5.74, 6) is 2.01. The van der Waals surface area contributed by atoms with Gasteiger partial charge in [0, 0.05) is 18.8 Å². The van der Waals surface area contributed by atoms with E-state index in [4.69, 9.17) is 14.2 Å². The Hall–Kier alpha value is -1.47. The highest BCUT2D eigenvalue weighted by atomic mass is 32.2. The Bertz CT molecular complexity index is 582. The first-order valence-electron chi connectivity index (χ1n) is 6.76. The number of methoxy groups -OCH3 is 1. The maximum atomic E-state index is 11.2. The Balaban J connectivity index is 2.07. The van der Waals surface area contributed by atoms with Crippen molar-refractivity contribution < 1.29 is 22.6 Å². The first-order valence-corrected chi connectivity index (χ1v) is 8.82. The fraction of sp³-hybridized carbons (Fsp3) is 0.571. The second-order valence-electron chi connectivity index (χ2n) is 5.20. The van der Waals surface area contributed by atoms with Crippen LogP contribution in [0.4, 0.5) is 0 Å². The normalized spacial score (nSPS) is 15.6. The molecule has 0 spiro atoms. The van der Waals surface area contributed by atoms with Crippen LogP contribution in [0.3, 0.4) is 0 Å². The summed E-state index contributed by atoms with van der Waals surface area (Å²) in [6.45, 7) is 3.39. The topological polar surface area (TPSA) is 73.9 Å². The van der Waals surface area contributed by atoms with E-state index in [-0.39, 0.29) is 11.8 Å². The van der Waals surface area contributed by atoms with Crippen LogP contribution in [-0.2, 0) is 16.4 Å². The molecule has 1 aliphatic heterocycles. The molecule has 2 rings (SSSR count). The molecule has 0 fully saturated rings. The molecule has 1 aromatic rings. The molecular weight excluding hydrogens is 294 g/mol. The van der Waals surface area contributed by atoms with E-state index in [0.29, 0.717) is 37.0 Å². The van der Waals surface area contributed by atoms with E-state index >= 15 is 0 Å². The van der Waals surface area contributed by atoms with Crippen LogP contribution in [0.25, 0.3) is 0 Å². The molecule has 1 aromatic carbocycles.